The van der Waals surface area contributed by atoms with E-state index in [4.69, 9.17) is 9.47 Å². The molecule has 0 amide bonds. The van der Waals surface area contributed by atoms with Crippen LogP contribution in [0.3, 0.4) is 0 Å². The van der Waals surface area contributed by atoms with Gasteiger partial charge in [-0.05, 0) is 19.8 Å². The number of hydrogen-bond acceptors (Lipinski definition) is 5. The fourth-order valence-corrected chi connectivity index (χ4v) is 1.24. The van der Waals surface area contributed by atoms with E-state index in [2.05, 4.69) is 4.74 Å². The molecular formula is C11H17FO5. The molecule has 0 radical (unpaired) electrons. The topological polar surface area (TPSA) is 61.8 Å². The second-order valence-corrected chi connectivity index (χ2v) is 4.06. The summed E-state index contributed by atoms with van der Waals surface area (Å²) < 4.78 is 27.9. The number of ether oxygens (including phenoxy) is 3. The molecule has 5 nitrogen and oxygen atoms in total. The molecule has 0 N–H and O–H groups in total. The molecule has 98 valence electrons. The number of carbonyl (C=O) groups is 2. The van der Waals surface area contributed by atoms with Gasteiger partial charge in [0.15, 0.2) is 6.61 Å². The lowest BCUT2D eigenvalue weighted by molar-refractivity contribution is -0.181. The molecule has 1 aliphatic heterocycles. The van der Waals surface area contributed by atoms with Crippen LogP contribution in [-0.4, -0.2) is 37.1 Å². The molecule has 1 saturated heterocycles. The van der Waals surface area contributed by atoms with Crippen LogP contribution in [0.15, 0.2) is 0 Å². The van der Waals surface area contributed by atoms with E-state index in [9.17, 15) is 14.0 Å². The normalized spacial score (nSPS) is 22.9. The number of carbonyl (C=O) groups excluding carboxylic acids is 2. The molecule has 17 heavy (non-hydrogen) atoms. The van der Waals surface area contributed by atoms with E-state index in [0.29, 0.717) is 13.0 Å². The summed E-state index contributed by atoms with van der Waals surface area (Å²) in [6.45, 7) is 2.60. The van der Waals surface area contributed by atoms with E-state index < -0.39 is 30.5 Å². The zero-order chi connectivity index (χ0) is 12.9. The first kappa shape index (κ1) is 13.9. The van der Waals surface area contributed by atoms with Gasteiger partial charge in [-0.2, -0.15) is 0 Å². The third-order valence-corrected chi connectivity index (χ3v) is 2.56. The van der Waals surface area contributed by atoms with Crippen molar-refractivity contribution in [3.05, 3.63) is 0 Å². The minimum absolute atomic E-state index is 0.00732. The van der Waals surface area contributed by atoms with Crippen LogP contribution >= 0.6 is 0 Å². The maximum atomic E-state index is 13.4. The highest BCUT2D eigenvalue weighted by molar-refractivity contribution is 5.81. The van der Waals surface area contributed by atoms with E-state index in [1.807, 2.05) is 0 Å². The molecule has 1 aliphatic rings. The fourth-order valence-electron chi connectivity index (χ4n) is 1.24. The van der Waals surface area contributed by atoms with Gasteiger partial charge in [0.25, 0.3) is 0 Å². The standard InChI is InChI=1S/C11H17FO5/c1-3-11(2,12)10(14)16-7-8(13)17-9-5-4-6-15-9/h9H,3-7H2,1-2H3. The summed E-state index contributed by atoms with van der Waals surface area (Å²) in [6.07, 6.45) is 0.891. The zero-order valence-corrected chi connectivity index (χ0v) is 10.0. The van der Waals surface area contributed by atoms with E-state index in [1.165, 1.54) is 6.92 Å². The van der Waals surface area contributed by atoms with E-state index in [-0.39, 0.29) is 6.42 Å². The Balaban J connectivity index is 2.25. The lowest BCUT2D eigenvalue weighted by Crippen LogP contribution is -2.33. The van der Waals surface area contributed by atoms with Crippen molar-refractivity contribution in [2.45, 2.75) is 45.1 Å². The summed E-state index contributed by atoms with van der Waals surface area (Å²) >= 11 is 0. The molecule has 0 saturated carbocycles. The lowest BCUT2D eigenvalue weighted by Gasteiger charge is -2.16. The van der Waals surface area contributed by atoms with Crippen LogP contribution in [0, 0.1) is 0 Å². The molecule has 0 aromatic carbocycles. The minimum atomic E-state index is -2.07. The second-order valence-electron chi connectivity index (χ2n) is 4.06. The summed E-state index contributed by atoms with van der Waals surface area (Å²) in [7, 11) is 0. The van der Waals surface area contributed by atoms with Crippen LogP contribution in [0.5, 0.6) is 0 Å². The Kier molecular flexibility index (Phi) is 4.86. The van der Waals surface area contributed by atoms with Crippen molar-refractivity contribution < 1.29 is 28.2 Å². The minimum Gasteiger partial charge on any atom is -0.451 e. The second kappa shape index (κ2) is 5.95. The Morgan fingerprint density at radius 2 is 2.24 bits per heavy atom. The summed E-state index contributed by atoms with van der Waals surface area (Å²) in [5, 5.41) is 0. The predicted molar refractivity (Wildman–Crippen MR) is 55.8 cm³/mol. The molecule has 0 bridgehead atoms. The number of alkyl halides is 1. The molecule has 0 aromatic rings. The summed E-state index contributed by atoms with van der Waals surface area (Å²) in [5.41, 5.74) is -2.07. The molecule has 6 heteroatoms. The van der Waals surface area contributed by atoms with Gasteiger partial charge < -0.3 is 14.2 Å². The highest BCUT2D eigenvalue weighted by atomic mass is 19.1. The average molecular weight is 248 g/mol. The first-order valence-corrected chi connectivity index (χ1v) is 5.63. The summed E-state index contributed by atoms with van der Waals surface area (Å²) in [6, 6.07) is 0. The van der Waals surface area contributed by atoms with Gasteiger partial charge in [0.2, 0.25) is 12.0 Å². The van der Waals surface area contributed by atoms with E-state index >= 15 is 0 Å². The van der Waals surface area contributed by atoms with Crippen molar-refractivity contribution in [3.8, 4) is 0 Å². The Morgan fingerprint density at radius 3 is 2.76 bits per heavy atom. The summed E-state index contributed by atoms with van der Waals surface area (Å²) in [5.74, 6) is -1.78. The smallest absolute Gasteiger partial charge is 0.346 e. The van der Waals surface area contributed by atoms with Crippen molar-refractivity contribution in [2.75, 3.05) is 13.2 Å². The van der Waals surface area contributed by atoms with Crippen LogP contribution in [0.4, 0.5) is 4.39 Å². The molecule has 0 aromatic heterocycles. The monoisotopic (exact) mass is 248 g/mol. The molecule has 1 fully saturated rings. The molecule has 0 aliphatic carbocycles. The maximum absolute atomic E-state index is 13.4. The van der Waals surface area contributed by atoms with Gasteiger partial charge in [0.05, 0.1) is 6.61 Å². The number of halogens is 1. The van der Waals surface area contributed by atoms with Gasteiger partial charge in [-0.15, -0.1) is 0 Å². The highest BCUT2D eigenvalue weighted by Crippen LogP contribution is 2.17. The van der Waals surface area contributed by atoms with Gasteiger partial charge in [-0.1, -0.05) is 6.92 Å². The van der Waals surface area contributed by atoms with Crippen LogP contribution < -0.4 is 0 Å². The lowest BCUT2D eigenvalue weighted by atomic mass is 10.1. The van der Waals surface area contributed by atoms with Crippen LogP contribution in [-0.2, 0) is 23.8 Å². The van der Waals surface area contributed by atoms with Crippen molar-refractivity contribution >= 4 is 11.9 Å². The first-order chi connectivity index (χ1) is 7.95. The SMILES string of the molecule is CCC(C)(F)C(=O)OCC(=O)OC1CCCO1. The Labute approximate surface area is 99.2 Å². The third kappa shape index (κ3) is 4.30. The van der Waals surface area contributed by atoms with Gasteiger partial charge in [0, 0.05) is 6.42 Å². The van der Waals surface area contributed by atoms with Crippen LogP contribution in [0.2, 0.25) is 0 Å². The molecule has 0 spiro atoms. The van der Waals surface area contributed by atoms with Gasteiger partial charge in [0.1, 0.15) is 0 Å². The van der Waals surface area contributed by atoms with Crippen LogP contribution in [0.1, 0.15) is 33.1 Å². The number of hydrogen-bond donors (Lipinski definition) is 0. The van der Waals surface area contributed by atoms with Crippen LogP contribution in [0.25, 0.3) is 0 Å². The Hall–Kier alpha value is -1.17. The maximum Gasteiger partial charge on any atom is 0.346 e. The number of rotatable bonds is 5. The van der Waals surface area contributed by atoms with Crippen molar-refractivity contribution in [2.24, 2.45) is 0 Å². The van der Waals surface area contributed by atoms with Crippen molar-refractivity contribution in [3.63, 3.8) is 0 Å². The molecular weight excluding hydrogens is 231 g/mol. The molecule has 2 unspecified atom stereocenters. The quantitative estimate of drug-likeness (QED) is 0.687. The van der Waals surface area contributed by atoms with E-state index in [0.717, 1.165) is 13.3 Å². The Morgan fingerprint density at radius 1 is 1.53 bits per heavy atom. The third-order valence-electron chi connectivity index (χ3n) is 2.56. The van der Waals surface area contributed by atoms with Gasteiger partial charge >= 0.3 is 11.9 Å². The molecule has 2 atom stereocenters. The zero-order valence-electron chi connectivity index (χ0n) is 10.0. The number of esters is 2. The summed E-state index contributed by atoms with van der Waals surface area (Å²) in [4.78, 5) is 22.4. The van der Waals surface area contributed by atoms with Crippen molar-refractivity contribution in [1.29, 1.82) is 0 Å². The van der Waals surface area contributed by atoms with Gasteiger partial charge in [-0.3, -0.25) is 0 Å². The average Bonchev–Trinajstić information content (AvgIpc) is 2.78. The van der Waals surface area contributed by atoms with Crippen molar-refractivity contribution in [1.82, 2.24) is 0 Å². The predicted octanol–water partition coefficient (Wildman–Crippen LogP) is 1.35. The largest absolute Gasteiger partial charge is 0.451 e. The first-order valence-electron chi connectivity index (χ1n) is 5.63. The Bertz CT molecular complexity index is 284. The highest BCUT2D eigenvalue weighted by Gasteiger charge is 2.33. The molecule has 1 heterocycles. The van der Waals surface area contributed by atoms with Gasteiger partial charge in [-0.25, -0.2) is 14.0 Å². The fraction of sp³-hybridized carbons (Fsp3) is 0.818. The molecule has 1 rings (SSSR count). The van der Waals surface area contributed by atoms with E-state index in [1.54, 1.807) is 0 Å².